The minimum Gasteiger partial charge on any atom is -0.379 e. The van der Waals surface area contributed by atoms with E-state index < -0.39 is 0 Å². The van der Waals surface area contributed by atoms with E-state index in [0.29, 0.717) is 13.1 Å². The first-order valence-corrected chi connectivity index (χ1v) is 6.73. The fourth-order valence-corrected chi connectivity index (χ4v) is 2.08. The maximum absolute atomic E-state index is 4.38. The third-order valence-electron chi connectivity index (χ3n) is 3.05. The van der Waals surface area contributed by atoms with Gasteiger partial charge in [-0.1, -0.05) is 12.1 Å². The molecule has 2 aromatic heterocycles. The molecular formula is C15H16N6. The SMILES string of the molecule is Cc1nccc(CNc2cccc(Cn3cncn3)c2)n1. The van der Waals surface area contributed by atoms with Crippen molar-refractivity contribution in [2.75, 3.05) is 5.32 Å². The molecule has 21 heavy (non-hydrogen) atoms. The molecule has 0 fully saturated rings. The molecule has 106 valence electrons. The summed E-state index contributed by atoms with van der Waals surface area (Å²) in [7, 11) is 0. The molecule has 0 saturated carbocycles. The Kier molecular flexibility index (Phi) is 3.86. The highest BCUT2D eigenvalue weighted by Crippen LogP contribution is 2.12. The van der Waals surface area contributed by atoms with Crippen molar-refractivity contribution in [2.24, 2.45) is 0 Å². The lowest BCUT2D eigenvalue weighted by atomic mass is 10.2. The minimum absolute atomic E-state index is 0.677. The predicted molar refractivity (Wildman–Crippen MR) is 79.7 cm³/mol. The van der Waals surface area contributed by atoms with Crippen LogP contribution in [0.15, 0.2) is 49.2 Å². The molecule has 0 amide bonds. The maximum atomic E-state index is 4.38. The molecule has 1 aromatic carbocycles. The summed E-state index contributed by atoms with van der Waals surface area (Å²) in [6.07, 6.45) is 5.03. The summed E-state index contributed by atoms with van der Waals surface area (Å²) in [5, 5.41) is 7.49. The second-order valence-electron chi connectivity index (χ2n) is 4.74. The van der Waals surface area contributed by atoms with E-state index in [-0.39, 0.29) is 0 Å². The first kappa shape index (κ1) is 13.2. The Labute approximate surface area is 122 Å². The number of nitrogens with one attached hydrogen (secondary N) is 1. The highest BCUT2D eigenvalue weighted by molar-refractivity contribution is 5.46. The molecule has 1 N–H and O–H groups in total. The van der Waals surface area contributed by atoms with E-state index in [0.717, 1.165) is 17.2 Å². The van der Waals surface area contributed by atoms with Crippen LogP contribution >= 0.6 is 0 Å². The van der Waals surface area contributed by atoms with E-state index in [9.17, 15) is 0 Å². The van der Waals surface area contributed by atoms with Crippen LogP contribution in [0.4, 0.5) is 5.69 Å². The minimum atomic E-state index is 0.677. The number of rotatable bonds is 5. The number of aryl methyl sites for hydroxylation is 1. The monoisotopic (exact) mass is 280 g/mol. The van der Waals surface area contributed by atoms with Crippen molar-refractivity contribution in [3.05, 3.63) is 66.3 Å². The highest BCUT2D eigenvalue weighted by atomic mass is 15.3. The number of nitrogens with zero attached hydrogens (tertiary/aromatic N) is 5. The molecule has 0 aliphatic carbocycles. The van der Waals surface area contributed by atoms with Crippen LogP contribution in [0.1, 0.15) is 17.1 Å². The molecule has 0 aliphatic heterocycles. The number of benzene rings is 1. The van der Waals surface area contributed by atoms with Crippen LogP contribution in [0.25, 0.3) is 0 Å². The second-order valence-corrected chi connectivity index (χ2v) is 4.74. The lowest BCUT2D eigenvalue weighted by molar-refractivity contribution is 0.685. The van der Waals surface area contributed by atoms with E-state index in [1.807, 2.05) is 25.1 Å². The van der Waals surface area contributed by atoms with Crippen molar-refractivity contribution >= 4 is 5.69 Å². The molecule has 3 rings (SSSR count). The topological polar surface area (TPSA) is 68.5 Å². The van der Waals surface area contributed by atoms with E-state index in [2.05, 4.69) is 37.5 Å². The number of aromatic nitrogens is 5. The molecule has 6 heteroatoms. The summed E-state index contributed by atoms with van der Waals surface area (Å²) in [5.74, 6) is 0.786. The first-order chi connectivity index (χ1) is 10.3. The zero-order chi connectivity index (χ0) is 14.5. The first-order valence-electron chi connectivity index (χ1n) is 6.73. The largest absolute Gasteiger partial charge is 0.379 e. The van der Waals surface area contributed by atoms with Gasteiger partial charge in [0.1, 0.15) is 18.5 Å². The number of hydrogen-bond donors (Lipinski definition) is 1. The van der Waals surface area contributed by atoms with Crippen molar-refractivity contribution in [2.45, 2.75) is 20.0 Å². The molecule has 0 bridgehead atoms. The summed E-state index contributed by atoms with van der Waals surface area (Å²) in [5.41, 5.74) is 3.21. The van der Waals surface area contributed by atoms with Gasteiger partial charge in [0.05, 0.1) is 18.8 Å². The van der Waals surface area contributed by atoms with Crippen LogP contribution in [-0.2, 0) is 13.1 Å². The van der Waals surface area contributed by atoms with Crippen molar-refractivity contribution in [3.8, 4) is 0 Å². The summed E-state index contributed by atoms with van der Waals surface area (Å²) in [6.45, 7) is 3.28. The van der Waals surface area contributed by atoms with Gasteiger partial charge in [0.2, 0.25) is 0 Å². The molecular weight excluding hydrogens is 264 g/mol. The normalized spacial score (nSPS) is 10.5. The molecule has 6 nitrogen and oxygen atoms in total. The van der Waals surface area contributed by atoms with E-state index in [1.54, 1.807) is 23.5 Å². The van der Waals surface area contributed by atoms with Crippen molar-refractivity contribution in [1.29, 1.82) is 0 Å². The Morgan fingerprint density at radius 3 is 3.00 bits per heavy atom. The lowest BCUT2D eigenvalue weighted by Gasteiger charge is -2.08. The van der Waals surface area contributed by atoms with E-state index in [1.165, 1.54) is 5.56 Å². The van der Waals surface area contributed by atoms with Crippen LogP contribution in [0.3, 0.4) is 0 Å². The van der Waals surface area contributed by atoms with Gasteiger partial charge >= 0.3 is 0 Å². The van der Waals surface area contributed by atoms with Crippen molar-refractivity contribution < 1.29 is 0 Å². The molecule has 0 aliphatic rings. The second kappa shape index (κ2) is 6.13. The quantitative estimate of drug-likeness (QED) is 0.774. The van der Waals surface area contributed by atoms with Gasteiger partial charge in [0.25, 0.3) is 0 Å². The fraction of sp³-hybridized carbons (Fsp3) is 0.200. The molecule has 0 spiro atoms. The van der Waals surface area contributed by atoms with E-state index >= 15 is 0 Å². The van der Waals surface area contributed by atoms with Gasteiger partial charge in [-0.15, -0.1) is 0 Å². The molecule has 0 atom stereocenters. The van der Waals surface area contributed by atoms with Gasteiger partial charge < -0.3 is 5.32 Å². The van der Waals surface area contributed by atoms with Crippen molar-refractivity contribution in [3.63, 3.8) is 0 Å². The Bertz CT molecular complexity index is 708. The summed E-state index contributed by atoms with van der Waals surface area (Å²) in [6, 6.07) is 10.2. The Morgan fingerprint density at radius 1 is 1.24 bits per heavy atom. The standard InChI is InChI=1S/C15H16N6/c1-12-17-6-5-15(20-12)8-18-14-4-2-3-13(7-14)9-21-11-16-10-19-21/h2-7,10-11,18H,8-9H2,1H3. The Morgan fingerprint density at radius 2 is 2.19 bits per heavy atom. The van der Waals surface area contributed by atoms with Gasteiger partial charge in [-0.3, -0.25) is 0 Å². The van der Waals surface area contributed by atoms with Crippen LogP contribution < -0.4 is 5.32 Å². The van der Waals surface area contributed by atoms with Gasteiger partial charge in [-0.2, -0.15) is 5.10 Å². The number of hydrogen-bond acceptors (Lipinski definition) is 5. The van der Waals surface area contributed by atoms with Gasteiger partial charge in [-0.25, -0.2) is 19.6 Å². The summed E-state index contributed by atoms with van der Waals surface area (Å²) < 4.78 is 1.80. The smallest absolute Gasteiger partial charge is 0.137 e. The van der Waals surface area contributed by atoms with E-state index in [4.69, 9.17) is 0 Å². The fourth-order valence-electron chi connectivity index (χ4n) is 2.08. The average Bonchev–Trinajstić information content (AvgIpc) is 2.99. The third-order valence-corrected chi connectivity index (χ3v) is 3.05. The number of anilines is 1. The van der Waals surface area contributed by atoms with Gasteiger partial charge in [0, 0.05) is 11.9 Å². The zero-order valence-electron chi connectivity index (χ0n) is 11.8. The lowest BCUT2D eigenvalue weighted by Crippen LogP contribution is -2.04. The van der Waals surface area contributed by atoms with Gasteiger partial charge in [0.15, 0.2) is 0 Å². The summed E-state index contributed by atoms with van der Waals surface area (Å²) in [4.78, 5) is 12.4. The Balaban J connectivity index is 1.66. The molecule has 0 saturated heterocycles. The van der Waals surface area contributed by atoms with Crippen LogP contribution in [0.5, 0.6) is 0 Å². The highest BCUT2D eigenvalue weighted by Gasteiger charge is 2.00. The van der Waals surface area contributed by atoms with Crippen molar-refractivity contribution in [1.82, 2.24) is 24.7 Å². The van der Waals surface area contributed by atoms with Crippen LogP contribution in [-0.4, -0.2) is 24.7 Å². The van der Waals surface area contributed by atoms with Gasteiger partial charge in [-0.05, 0) is 30.7 Å². The summed E-state index contributed by atoms with van der Waals surface area (Å²) >= 11 is 0. The zero-order valence-corrected chi connectivity index (χ0v) is 11.8. The Hall–Kier alpha value is -2.76. The van der Waals surface area contributed by atoms with Crippen LogP contribution in [0.2, 0.25) is 0 Å². The molecule has 2 heterocycles. The average molecular weight is 280 g/mol. The van der Waals surface area contributed by atoms with Crippen LogP contribution in [0, 0.1) is 6.92 Å². The molecule has 0 unspecified atom stereocenters. The maximum Gasteiger partial charge on any atom is 0.137 e. The molecule has 0 radical (unpaired) electrons. The molecule has 3 aromatic rings. The predicted octanol–water partition coefficient (Wildman–Crippen LogP) is 2.04. The third kappa shape index (κ3) is 3.62.